The molecule has 232 valence electrons. The van der Waals surface area contributed by atoms with Crippen LogP contribution < -0.4 is 14.8 Å². The lowest BCUT2D eigenvalue weighted by atomic mass is 9.97. The highest BCUT2D eigenvalue weighted by Crippen LogP contribution is 2.43. The Morgan fingerprint density at radius 3 is 2.73 bits per heavy atom. The van der Waals surface area contributed by atoms with E-state index in [2.05, 4.69) is 14.9 Å². The van der Waals surface area contributed by atoms with Crippen LogP contribution in [0.25, 0.3) is 33.4 Å². The lowest BCUT2D eigenvalue weighted by Gasteiger charge is -2.24. The number of ether oxygens (including phenoxy) is 2. The van der Waals surface area contributed by atoms with Crippen LogP contribution in [0.15, 0.2) is 72.9 Å². The summed E-state index contributed by atoms with van der Waals surface area (Å²) in [4.78, 5) is 17.3. The summed E-state index contributed by atoms with van der Waals surface area (Å²) in [5, 5.41) is 14.4. The lowest BCUT2D eigenvalue weighted by molar-refractivity contribution is 0.0917. The fourth-order valence-corrected chi connectivity index (χ4v) is 7.05. The van der Waals surface area contributed by atoms with Crippen molar-refractivity contribution in [3.63, 3.8) is 0 Å². The predicted molar refractivity (Wildman–Crippen MR) is 173 cm³/mol. The van der Waals surface area contributed by atoms with Crippen molar-refractivity contribution in [2.75, 3.05) is 20.3 Å². The minimum atomic E-state index is -0.513. The minimum absolute atomic E-state index is 0.224. The van der Waals surface area contributed by atoms with Crippen molar-refractivity contribution in [1.82, 2.24) is 14.9 Å². The van der Waals surface area contributed by atoms with Gasteiger partial charge in [-0.2, -0.15) is 0 Å². The molecule has 3 aromatic carbocycles. The Balaban J connectivity index is 1.25. The third kappa shape index (κ3) is 5.71. The standard InChI is InChI=1S/C37H38FN3O4/c1-44-34-17-24-13-14-41-33(30(24)19-35(34)45-22-23-7-2-3-8-23)18-31(36(41)25-9-6-10-27(38)15-25)37(43)40-28(21-42)16-26-20-39-32-12-5-4-11-29(26)32/h4-6,9-12,15,17-20,23,28,39,42H,2-3,7-8,13-14,16,21-22H2,1H3,(H,40,43). The van der Waals surface area contributed by atoms with E-state index < -0.39 is 6.04 Å². The van der Waals surface area contributed by atoms with Gasteiger partial charge in [-0.05, 0) is 79.1 Å². The van der Waals surface area contributed by atoms with Crippen LogP contribution in [0.5, 0.6) is 11.5 Å². The van der Waals surface area contributed by atoms with Gasteiger partial charge in [0.15, 0.2) is 11.5 Å². The van der Waals surface area contributed by atoms with Crippen molar-refractivity contribution < 1.29 is 23.8 Å². The first-order valence-electron chi connectivity index (χ1n) is 15.8. The Morgan fingerprint density at radius 1 is 1.09 bits per heavy atom. The topological polar surface area (TPSA) is 88.5 Å². The van der Waals surface area contributed by atoms with Crippen LogP contribution in [0, 0.1) is 11.7 Å². The molecular formula is C37H38FN3O4. The monoisotopic (exact) mass is 607 g/mol. The molecule has 45 heavy (non-hydrogen) atoms. The van der Waals surface area contributed by atoms with Gasteiger partial charge in [-0.1, -0.05) is 43.2 Å². The molecule has 2 aromatic heterocycles. The fourth-order valence-electron chi connectivity index (χ4n) is 7.05. The number of aryl methyl sites for hydroxylation is 1. The van der Waals surface area contributed by atoms with Crippen molar-refractivity contribution in [2.45, 2.75) is 51.1 Å². The van der Waals surface area contributed by atoms with E-state index >= 15 is 0 Å². The number of rotatable bonds is 10. The van der Waals surface area contributed by atoms with Crippen LogP contribution in [-0.2, 0) is 19.4 Å². The third-order valence-corrected chi connectivity index (χ3v) is 9.36. The second-order valence-electron chi connectivity index (χ2n) is 12.2. The van der Waals surface area contributed by atoms with Gasteiger partial charge >= 0.3 is 0 Å². The maximum atomic E-state index is 14.5. The van der Waals surface area contributed by atoms with Gasteiger partial charge in [0.2, 0.25) is 0 Å². The average Bonchev–Trinajstić information content (AvgIpc) is 3.82. The van der Waals surface area contributed by atoms with E-state index in [4.69, 9.17) is 9.47 Å². The van der Waals surface area contributed by atoms with Crippen LogP contribution in [0.3, 0.4) is 0 Å². The molecule has 0 bridgehead atoms. The summed E-state index contributed by atoms with van der Waals surface area (Å²) in [5.41, 5.74) is 6.67. The highest BCUT2D eigenvalue weighted by molar-refractivity contribution is 6.02. The van der Waals surface area contributed by atoms with Crippen LogP contribution in [0.1, 0.15) is 47.2 Å². The molecule has 2 aliphatic rings. The molecule has 7 nitrogen and oxygen atoms in total. The van der Waals surface area contributed by atoms with E-state index in [1.54, 1.807) is 13.2 Å². The molecule has 7 rings (SSSR count). The molecule has 1 aliphatic heterocycles. The Bertz CT molecular complexity index is 1850. The number of fused-ring (bicyclic) bond motifs is 4. The first-order valence-corrected chi connectivity index (χ1v) is 15.8. The third-order valence-electron chi connectivity index (χ3n) is 9.36. The number of aromatic amines is 1. The molecule has 5 aromatic rings. The Hall–Kier alpha value is -4.56. The number of aliphatic hydroxyl groups excluding tert-OH is 1. The summed E-state index contributed by atoms with van der Waals surface area (Å²) in [6, 6.07) is 19.8. The summed E-state index contributed by atoms with van der Waals surface area (Å²) in [6.45, 7) is 1.04. The molecule has 0 spiro atoms. The van der Waals surface area contributed by atoms with Crippen molar-refractivity contribution in [1.29, 1.82) is 0 Å². The molecule has 1 atom stereocenters. The number of para-hydroxylation sites is 1. The van der Waals surface area contributed by atoms with Crippen LogP contribution in [-0.4, -0.2) is 46.9 Å². The number of carbonyl (C=O) groups excluding carboxylic acids is 1. The molecule has 1 saturated carbocycles. The number of H-pyrrole nitrogens is 1. The number of carbonyl (C=O) groups is 1. The minimum Gasteiger partial charge on any atom is -0.493 e. The van der Waals surface area contributed by atoms with Crippen molar-refractivity contribution >= 4 is 16.8 Å². The molecule has 0 saturated heterocycles. The molecule has 1 fully saturated rings. The number of aliphatic hydroxyl groups is 1. The van der Waals surface area contributed by atoms with Crippen molar-refractivity contribution in [3.8, 4) is 34.0 Å². The summed E-state index contributed by atoms with van der Waals surface area (Å²) in [5.74, 6) is 1.26. The summed E-state index contributed by atoms with van der Waals surface area (Å²) in [6.07, 6.45) is 7.96. The lowest BCUT2D eigenvalue weighted by Crippen LogP contribution is -2.39. The van der Waals surface area contributed by atoms with E-state index in [9.17, 15) is 14.3 Å². The second-order valence-corrected chi connectivity index (χ2v) is 12.2. The maximum Gasteiger partial charge on any atom is 0.253 e. The molecule has 3 heterocycles. The molecule has 1 aliphatic carbocycles. The van der Waals surface area contributed by atoms with Crippen molar-refractivity contribution in [2.24, 2.45) is 5.92 Å². The van der Waals surface area contributed by atoms with E-state index in [0.717, 1.165) is 39.7 Å². The molecule has 0 radical (unpaired) electrons. The zero-order valence-corrected chi connectivity index (χ0v) is 25.4. The largest absolute Gasteiger partial charge is 0.493 e. The zero-order chi connectivity index (χ0) is 30.9. The number of halogens is 1. The van der Waals surface area contributed by atoms with Gasteiger partial charge in [0.1, 0.15) is 5.82 Å². The van der Waals surface area contributed by atoms with E-state index in [-0.39, 0.29) is 18.3 Å². The molecular weight excluding hydrogens is 569 g/mol. The number of nitrogens with one attached hydrogen (secondary N) is 2. The average molecular weight is 608 g/mol. The fraction of sp³-hybridized carbons (Fsp3) is 0.324. The van der Waals surface area contributed by atoms with Crippen LogP contribution >= 0.6 is 0 Å². The number of nitrogens with zero attached hydrogens (tertiary/aromatic N) is 1. The maximum absolute atomic E-state index is 14.5. The van der Waals surface area contributed by atoms with E-state index in [1.807, 2.05) is 54.7 Å². The number of hydrogen-bond acceptors (Lipinski definition) is 4. The first kappa shape index (κ1) is 29.2. The van der Waals surface area contributed by atoms with Crippen LogP contribution in [0.2, 0.25) is 0 Å². The normalized spacial score (nSPS) is 15.1. The van der Waals surface area contributed by atoms with E-state index in [0.29, 0.717) is 53.8 Å². The Labute approximate surface area is 262 Å². The van der Waals surface area contributed by atoms with Gasteiger partial charge in [0, 0.05) is 40.5 Å². The smallest absolute Gasteiger partial charge is 0.253 e. The number of aromatic nitrogens is 2. The van der Waals surface area contributed by atoms with Gasteiger partial charge < -0.3 is 29.4 Å². The van der Waals surface area contributed by atoms with E-state index in [1.165, 1.54) is 37.8 Å². The Kier molecular flexibility index (Phi) is 8.06. The van der Waals surface area contributed by atoms with Crippen LogP contribution in [0.4, 0.5) is 4.39 Å². The van der Waals surface area contributed by atoms with Gasteiger partial charge in [-0.3, -0.25) is 4.79 Å². The predicted octanol–water partition coefficient (Wildman–Crippen LogP) is 6.91. The first-order chi connectivity index (χ1) is 22.0. The zero-order valence-electron chi connectivity index (χ0n) is 25.4. The van der Waals surface area contributed by atoms with Gasteiger partial charge in [-0.15, -0.1) is 0 Å². The molecule has 1 unspecified atom stereocenters. The molecule has 3 N–H and O–H groups in total. The van der Waals surface area contributed by atoms with Gasteiger partial charge in [0.05, 0.1) is 37.6 Å². The Morgan fingerprint density at radius 2 is 1.93 bits per heavy atom. The number of hydrogen-bond donors (Lipinski definition) is 3. The number of amides is 1. The molecule has 8 heteroatoms. The highest BCUT2D eigenvalue weighted by atomic mass is 19.1. The summed E-state index contributed by atoms with van der Waals surface area (Å²) < 4.78 is 28.7. The summed E-state index contributed by atoms with van der Waals surface area (Å²) >= 11 is 0. The van der Waals surface area contributed by atoms with Gasteiger partial charge in [-0.25, -0.2) is 4.39 Å². The highest BCUT2D eigenvalue weighted by Gasteiger charge is 2.29. The quantitative estimate of drug-likeness (QED) is 0.161. The second kappa shape index (κ2) is 12.4. The van der Waals surface area contributed by atoms with Crippen molar-refractivity contribution in [3.05, 3.63) is 95.4 Å². The SMILES string of the molecule is COc1cc2c(cc1OCC1CCCC1)-c1cc(C(=O)NC(CO)Cc3c[nH]c4ccccc34)c(-c3cccc(F)c3)n1CC2. The molecule has 1 amide bonds. The number of methoxy groups -OCH3 is 1. The summed E-state index contributed by atoms with van der Waals surface area (Å²) in [7, 11) is 1.66. The van der Waals surface area contributed by atoms with Gasteiger partial charge in [0.25, 0.3) is 5.91 Å². The number of benzene rings is 3.